The predicted molar refractivity (Wildman–Crippen MR) is 56.1 cm³/mol. The maximum absolute atomic E-state index is 10.4. The number of rotatable bonds is 6. The summed E-state index contributed by atoms with van der Waals surface area (Å²) in [5.41, 5.74) is 5.70. The molecule has 0 aliphatic heterocycles. The number of halogens is 1. The molecule has 0 amide bonds. The lowest BCUT2D eigenvalue weighted by atomic mass is 10.0. The standard InChI is InChI=1S/C9H17NO2.ClH/c1-3-4-5-6-8(10)7(2)9(11)12;/h8H,2-6,10H2,1H3,(H,11,12);1H. The van der Waals surface area contributed by atoms with Crippen molar-refractivity contribution in [1.82, 2.24) is 0 Å². The molecule has 0 heterocycles. The van der Waals surface area contributed by atoms with Crippen molar-refractivity contribution in [3.05, 3.63) is 12.2 Å². The molecule has 0 aromatic rings. The Morgan fingerprint density at radius 2 is 2.08 bits per heavy atom. The van der Waals surface area contributed by atoms with Crippen molar-refractivity contribution in [2.24, 2.45) is 5.73 Å². The molecule has 13 heavy (non-hydrogen) atoms. The van der Waals surface area contributed by atoms with Crippen molar-refractivity contribution in [3.63, 3.8) is 0 Å². The molecule has 0 aliphatic carbocycles. The molecule has 1 unspecified atom stereocenters. The van der Waals surface area contributed by atoms with Crippen LogP contribution in [0.3, 0.4) is 0 Å². The summed E-state index contributed by atoms with van der Waals surface area (Å²) in [5, 5.41) is 8.53. The largest absolute Gasteiger partial charge is 0.478 e. The molecule has 0 saturated heterocycles. The molecule has 1 atom stereocenters. The number of carboxylic acid groups (broad SMARTS) is 1. The van der Waals surface area contributed by atoms with Gasteiger partial charge in [-0.2, -0.15) is 0 Å². The Balaban J connectivity index is 0. The Labute approximate surface area is 85.4 Å². The molecule has 3 nitrogen and oxygen atoms in total. The second-order valence-electron chi connectivity index (χ2n) is 2.93. The zero-order valence-electron chi connectivity index (χ0n) is 7.95. The van der Waals surface area contributed by atoms with Crippen molar-refractivity contribution in [2.75, 3.05) is 0 Å². The van der Waals surface area contributed by atoms with Crippen molar-refractivity contribution in [2.45, 2.75) is 38.6 Å². The lowest BCUT2D eigenvalue weighted by Gasteiger charge is -2.09. The molecular weight excluding hydrogens is 190 g/mol. The van der Waals surface area contributed by atoms with E-state index in [9.17, 15) is 4.79 Å². The minimum absolute atomic E-state index is 0. The minimum Gasteiger partial charge on any atom is -0.478 e. The number of aliphatic carboxylic acids is 1. The van der Waals surface area contributed by atoms with Crippen molar-refractivity contribution in [3.8, 4) is 0 Å². The van der Waals surface area contributed by atoms with E-state index in [1.54, 1.807) is 0 Å². The van der Waals surface area contributed by atoms with E-state index in [-0.39, 0.29) is 24.0 Å². The van der Waals surface area contributed by atoms with Crippen LogP contribution in [0.4, 0.5) is 0 Å². The highest BCUT2D eigenvalue weighted by atomic mass is 35.5. The van der Waals surface area contributed by atoms with Gasteiger partial charge in [0.2, 0.25) is 0 Å². The fourth-order valence-corrected chi connectivity index (χ4v) is 0.947. The molecule has 0 aromatic heterocycles. The van der Waals surface area contributed by atoms with Gasteiger partial charge in [0.1, 0.15) is 0 Å². The van der Waals surface area contributed by atoms with Gasteiger partial charge in [-0.05, 0) is 6.42 Å². The van der Waals surface area contributed by atoms with Crippen molar-refractivity contribution in [1.29, 1.82) is 0 Å². The fraction of sp³-hybridized carbons (Fsp3) is 0.667. The summed E-state index contributed by atoms with van der Waals surface area (Å²) >= 11 is 0. The van der Waals surface area contributed by atoms with Gasteiger partial charge in [0.05, 0.1) is 0 Å². The van der Waals surface area contributed by atoms with Crippen LogP contribution in [0.25, 0.3) is 0 Å². The lowest BCUT2D eigenvalue weighted by molar-refractivity contribution is -0.132. The van der Waals surface area contributed by atoms with Crippen LogP contribution in [0, 0.1) is 0 Å². The smallest absolute Gasteiger partial charge is 0.332 e. The van der Waals surface area contributed by atoms with E-state index in [1.165, 1.54) is 0 Å². The van der Waals surface area contributed by atoms with E-state index in [4.69, 9.17) is 10.8 Å². The topological polar surface area (TPSA) is 63.3 Å². The first-order chi connectivity index (χ1) is 5.59. The number of carbonyl (C=O) groups is 1. The Morgan fingerprint density at radius 1 is 1.54 bits per heavy atom. The van der Waals surface area contributed by atoms with Gasteiger partial charge in [-0.3, -0.25) is 0 Å². The quantitative estimate of drug-likeness (QED) is 0.517. The third-order valence-corrected chi connectivity index (χ3v) is 1.84. The molecule has 0 saturated carbocycles. The highest BCUT2D eigenvalue weighted by Crippen LogP contribution is 2.07. The van der Waals surface area contributed by atoms with Crippen molar-refractivity contribution >= 4 is 18.4 Å². The van der Waals surface area contributed by atoms with E-state index < -0.39 is 5.97 Å². The molecule has 4 heteroatoms. The third-order valence-electron chi connectivity index (χ3n) is 1.84. The van der Waals surface area contributed by atoms with Crippen LogP contribution in [0.5, 0.6) is 0 Å². The molecule has 0 aliphatic rings. The number of hydrogen-bond donors (Lipinski definition) is 2. The summed E-state index contributed by atoms with van der Waals surface area (Å²) in [5.74, 6) is -0.987. The van der Waals surface area contributed by atoms with E-state index in [0.29, 0.717) is 0 Å². The summed E-state index contributed by atoms with van der Waals surface area (Å²) in [4.78, 5) is 10.4. The van der Waals surface area contributed by atoms with Crippen LogP contribution in [-0.4, -0.2) is 17.1 Å². The van der Waals surface area contributed by atoms with Crippen LogP contribution >= 0.6 is 12.4 Å². The first-order valence-corrected chi connectivity index (χ1v) is 4.27. The maximum Gasteiger partial charge on any atom is 0.332 e. The molecule has 0 radical (unpaired) electrons. The second kappa shape index (κ2) is 8.08. The van der Waals surface area contributed by atoms with Gasteiger partial charge < -0.3 is 10.8 Å². The highest BCUT2D eigenvalue weighted by Gasteiger charge is 2.12. The van der Waals surface area contributed by atoms with Crippen LogP contribution in [-0.2, 0) is 4.79 Å². The number of hydrogen-bond acceptors (Lipinski definition) is 2. The number of carboxylic acids is 1. The summed E-state index contributed by atoms with van der Waals surface area (Å²) in [6, 6.07) is -0.381. The van der Waals surface area contributed by atoms with Gasteiger partial charge in [0.15, 0.2) is 0 Å². The van der Waals surface area contributed by atoms with Crippen LogP contribution in [0.15, 0.2) is 12.2 Å². The van der Waals surface area contributed by atoms with Crippen LogP contribution in [0.1, 0.15) is 32.6 Å². The molecule has 3 N–H and O–H groups in total. The maximum atomic E-state index is 10.4. The highest BCUT2D eigenvalue weighted by molar-refractivity contribution is 5.87. The molecule has 0 fully saturated rings. The average molecular weight is 208 g/mol. The van der Waals surface area contributed by atoms with Gasteiger partial charge in [0, 0.05) is 11.6 Å². The Hall–Kier alpha value is -0.540. The van der Waals surface area contributed by atoms with E-state index in [2.05, 4.69) is 13.5 Å². The summed E-state index contributed by atoms with van der Waals surface area (Å²) in [6.07, 6.45) is 3.91. The predicted octanol–water partition coefficient (Wildman–Crippen LogP) is 1.96. The van der Waals surface area contributed by atoms with Gasteiger partial charge in [-0.15, -0.1) is 12.4 Å². The van der Waals surface area contributed by atoms with E-state index >= 15 is 0 Å². The summed E-state index contributed by atoms with van der Waals surface area (Å²) in [7, 11) is 0. The van der Waals surface area contributed by atoms with Gasteiger partial charge >= 0.3 is 5.97 Å². The average Bonchev–Trinajstić information content (AvgIpc) is 2.03. The minimum atomic E-state index is -0.987. The van der Waals surface area contributed by atoms with E-state index in [0.717, 1.165) is 25.7 Å². The van der Waals surface area contributed by atoms with Gasteiger partial charge in [-0.1, -0.05) is 32.8 Å². The third kappa shape index (κ3) is 6.61. The number of unbranched alkanes of at least 4 members (excludes halogenated alkanes) is 2. The van der Waals surface area contributed by atoms with E-state index in [1.807, 2.05) is 0 Å². The summed E-state index contributed by atoms with van der Waals surface area (Å²) < 4.78 is 0. The zero-order valence-corrected chi connectivity index (χ0v) is 8.77. The lowest BCUT2D eigenvalue weighted by Crippen LogP contribution is -2.26. The number of nitrogens with two attached hydrogens (primary N) is 1. The Bertz CT molecular complexity index is 171. The van der Waals surface area contributed by atoms with Crippen molar-refractivity contribution < 1.29 is 9.90 Å². The molecule has 0 aromatic carbocycles. The Morgan fingerprint density at radius 3 is 2.46 bits per heavy atom. The van der Waals surface area contributed by atoms with Crippen LogP contribution in [0.2, 0.25) is 0 Å². The van der Waals surface area contributed by atoms with Gasteiger partial charge in [0.25, 0.3) is 0 Å². The molecule has 78 valence electrons. The molecular formula is C9H18ClNO2. The molecule has 0 bridgehead atoms. The summed E-state index contributed by atoms with van der Waals surface area (Å²) in [6.45, 7) is 5.50. The van der Waals surface area contributed by atoms with Crippen LogP contribution < -0.4 is 5.73 Å². The second-order valence-corrected chi connectivity index (χ2v) is 2.93. The Kier molecular flexibility index (Phi) is 9.29. The molecule has 0 spiro atoms. The zero-order chi connectivity index (χ0) is 9.56. The normalized spacial score (nSPS) is 11.5. The van der Waals surface area contributed by atoms with Gasteiger partial charge in [-0.25, -0.2) is 4.79 Å². The first-order valence-electron chi connectivity index (χ1n) is 4.27. The monoisotopic (exact) mass is 207 g/mol. The fourth-order valence-electron chi connectivity index (χ4n) is 0.947. The molecule has 0 rings (SSSR count). The SMILES string of the molecule is C=C(C(=O)O)C(N)CCCCC.Cl. The first kappa shape index (κ1) is 15.0.